The number of nitrogens with zero attached hydrogens (tertiary/aromatic N) is 2. The molecule has 2 atom stereocenters. The summed E-state index contributed by atoms with van der Waals surface area (Å²) in [6.45, 7) is 0.134. The molecule has 0 bridgehead atoms. The van der Waals surface area contributed by atoms with Crippen molar-refractivity contribution in [1.29, 1.82) is 0 Å². The number of hydrogen-bond donors (Lipinski definition) is 3. The van der Waals surface area contributed by atoms with Gasteiger partial charge in [-0.1, -0.05) is 49.6 Å². The third-order valence-electron chi connectivity index (χ3n) is 5.53. The van der Waals surface area contributed by atoms with E-state index in [1.165, 1.54) is 16.2 Å². The minimum atomic E-state index is -1.81. The van der Waals surface area contributed by atoms with Gasteiger partial charge in [-0.3, -0.25) is 9.59 Å². The number of rotatable bonds is 8. The topological polar surface area (TPSA) is 103 Å². The van der Waals surface area contributed by atoms with E-state index in [0.717, 1.165) is 43.4 Å². The van der Waals surface area contributed by atoms with Crippen molar-refractivity contribution in [3.8, 4) is 0 Å². The van der Waals surface area contributed by atoms with Gasteiger partial charge in [0.05, 0.1) is 12.2 Å². The maximum atomic E-state index is 12.5. The van der Waals surface area contributed by atoms with Crippen LogP contribution in [-0.4, -0.2) is 57.2 Å². The van der Waals surface area contributed by atoms with Crippen molar-refractivity contribution < 1.29 is 19.8 Å². The number of likely N-dealkylation sites (N-methyl/N-ethyl adjacent to an activating group) is 1. The molecule has 1 aromatic heterocycles. The SMILES string of the molecule is CN(C(=O)[C@H](O)[C@@H](O)C(=O)NCc1nc(Cc2ccccc2)cs1)C1CCCCC1. The molecule has 1 fully saturated rings. The van der Waals surface area contributed by atoms with Crippen LogP contribution in [0.2, 0.25) is 0 Å². The summed E-state index contributed by atoms with van der Waals surface area (Å²) in [6, 6.07) is 10.0. The number of aliphatic hydroxyl groups excluding tert-OH is 2. The Morgan fingerprint density at radius 1 is 1.17 bits per heavy atom. The van der Waals surface area contributed by atoms with E-state index in [9.17, 15) is 19.8 Å². The van der Waals surface area contributed by atoms with Crippen molar-refractivity contribution in [3.05, 3.63) is 52.0 Å². The summed E-state index contributed by atoms with van der Waals surface area (Å²) in [5, 5.41) is 25.6. The van der Waals surface area contributed by atoms with Crippen molar-refractivity contribution in [2.75, 3.05) is 7.05 Å². The van der Waals surface area contributed by atoms with Gasteiger partial charge in [-0.2, -0.15) is 0 Å². The Kier molecular flexibility index (Phi) is 7.95. The maximum absolute atomic E-state index is 12.5. The summed E-state index contributed by atoms with van der Waals surface area (Å²) in [6.07, 6.45) is 2.11. The number of hydrogen-bond acceptors (Lipinski definition) is 6. The van der Waals surface area contributed by atoms with E-state index in [2.05, 4.69) is 10.3 Å². The quantitative estimate of drug-likeness (QED) is 0.592. The van der Waals surface area contributed by atoms with E-state index in [1.807, 2.05) is 35.7 Å². The maximum Gasteiger partial charge on any atom is 0.254 e. The third kappa shape index (κ3) is 5.87. The molecule has 2 aromatic rings. The van der Waals surface area contributed by atoms with Gasteiger partial charge < -0.3 is 20.4 Å². The lowest BCUT2D eigenvalue weighted by Gasteiger charge is -2.33. The average molecular weight is 432 g/mol. The van der Waals surface area contributed by atoms with Gasteiger partial charge in [0.1, 0.15) is 5.01 Å². The molecule has 30 heavy (non-hydrogen) atoms. The molecular weight excluding hydrogens is 402 g/mol. The Labute approximate surface area is 180 Å². The number of thiazole rings is 1. The molecule has 1 aromatic carbocycles. The molecule has 162 valence electrons. The number of carbonyl (C=O) groups is 2. The van der Waals surface area contributed by atoms with Gasteiger partial charge in [0.15, 0.2) is 12.2 Å². The number of amides is 2. The van der Waals surface area contributed by atoms with Crippen molar-refractivity contribution in [1.82, 2.24) is 15.2 Å². The predicted octanol–water partition coefficient (Wildman–Crippen LogP) is 1.86. The standard InChI is InChI=1S/C22H29N3O4S/c1-25(17-10-6-3-7-11-17)22(29)20(27)19(26)21(28)23-13-18-24-16(14-30-18)12-15-8-4-2-5-9-15/h2,4-5,8-9,14,17,19-20,26-27H,3,6-7,10-13H2,1H3,(H,23,28)/t19-,20-/m1/s1. The van der Waals surface area contributed by atoms with Gasteiger partial charge in [0.25, 0.3) is 11.8 Å². The number of nitrogens with one attached hydrogen (secondary N) is 1. The fraction of sp³-hybridized carbons (Fsp3) is 0.500. The van der Waals surface area contributed by atoms with E-state index in [4.69, 9.17) is 0 Å². The van der Waals surface area contributed by atoms with Crippen LogP contribution in [0.25, 0.3) is 0 Å². The first-order valence-electron chi connectivity index (χ1n) is 10.3. The first kappa shape index (κ1) is 22.4. The Bertz CT molecular complexity index is 836. The molecule has 0 radical (unpaired) electrons. The van der Waals surface area contributed by atoms with Crippen LogP contribution < -0.4 is 5.32 Å². The molecule has 0 aliphatic heterocycles. The smallest absolute Gasteiger partial charge is 0.254 e. The second-order valence-electron chi connectivity index (χ2n) is 7.74. The van der Waals surface area contributed by atoms with Gasteiger partial charge in [-0.05, 0) is 18.4 Å². The molecule has 0 saturated heterocycles. The average Bonchev–Trinajstić information content (AvgIpc) is 3.23. The van der Waals surface area contributed by atoms with Crippen LogP contribution in [0.5, 0.6) is 0 Å². The molecule has 1 saturated carbocycles. The Hall–Kier alpha value is -2.29. The highest BCUT2D eigenvalue weighted by Gasteiger charge is 2.34. The Balaban J connectivity index is 1.48. The highest BCUT2D eigenvalue weighted by molar-refractivity contribution is 7.09. The zero-order valence-corrected chi connectivity index (χ0v) is 18.0. The van der Waals surface area contributed by atoms with Crippen molar-refractivity contribution in [3.63, 3.8) is 0 Å². The van der Waals surface area contributed by atoms with Crippen LogP contribution in [0.1, 0.15) is 48.4 Å². The summed E-state index contributed by atoms with van der Waals surface area (Å²) in [4.78, 5) is 30.7. The Morgan fingerprint density at radius 3 is 2.57 bits per heavy atom. The largest absolute Gasteiger partial charge is 0.380 e. The summed E-state index contributed by atoms with van der Waals surface area (Å²) in [5.74, 6) is -1.41. The van der Waals surface area contributed by atoms with Crippen molar-refractivity contribution in [2.45, 2.75) is 63.3 Å². The molecule has 3 rings (SSSR count). The van der Waals surface area contributed by atoms with Crippen LogP contribution in [0.3, 0.4) is 0 Å². The van der Waals surface area contributed by atoms with Gasteiger partial charge in [-0.15, -0.1) is 11.3 Å². The number of carbonyl (C=O) groups excluding carboxylic acids is 2. The molecule has 3 N–H and O–H groups in total. The minimum absolute atomic E-state index is 0.0505. The lowest BCUT2D eigenvalue weighted by atomic mass is 9.94. The summed E-state index contributed by atoms with van der Waals surface area (Å²) >= 11 is 1.42. The van der Waals surface area contributed by atoms with E-state index < -0.39 is 24.0 Å². The van der Waals surface area contributed by atoms with E-state index >= 15 is 0 Å². The second-order valence-corrected chi connectivity index (χ2v) is 8.69. The molecule has 1 aliphatic carbocycles. The fourth-order valence-electron chi connectivity index (χ4n) is 3.72. The molecule has 7 nitrogen and oxygen atoms in total. The Morgan fingerprint density at radius 2 is 1.87 bits per heavy atom. The van der Waals surface area contributed by atoms with Crippen LogP contribution in [-0.2, 0) is 22.6 Å². The molecular formula is C22H29N3O4S. The molecule has 1 heterocycles. The molecule has 2 amide bonds. The summed E-state index contributed by atoms with van der Waals surface area (Å²) in [7, 11) is 1.62. The van der Waals surface area contributed by atoms with E-state index in [0.29, 0.717) is 11.4 Å². The van der Waals surface area contributed by atoms with Gasteiger partial charge in [0.2, 0.25) is 0 Å². The number of aromatic nitrogens is 1. The monoisotopic (exact) mass is 431 g/mol. The van der Waals surface area contributed by atoms with Crippen LogP contribution in [0.15, 0.2) is 35.7 Å². The summed E-state index contributed by atoms with van der Waals surface area (Å²) in [5.41, 5.74) is 2.05. The third-order valence-corrected chi connectivity index (χ3v) is 6.43. The predicted molar refractivity (Wildman–Crippen MR) is 115 cm³/mol. The molecule has 0 unspecified atom stereocenters. The molecule has 0 spiro atoms. The van der Waals surface area contributed by atoms with Gasteiger partial charge in [-0.25, -0.2) is 4.98 Å². The van der Waals surface area contributed by atoms with Crippen LogP contribution >= 0.6 is 11.3 Å². The summed E-state index contributed by atoms with van der Waals surface area (Å²) < 4.78 is 0. The van der Waals surface area contributed by atoms with Crippen molar-refractivity contribution in [2.24, 2.45) is 0 Å². The van der Waals surface area contributed by atoms with Crippen LogP contribution in [0.4, 0.5) is 0 Å². The first-order valence-corrected chi connectivity index (χ1v) is 11.2. The second kappa shape index (κ2) is 10.7. The molecule has 1 aliphatic rings. The zero-order chi connectivity index (χ0) is 21.5. The fourth-order valence-corrected chi connectivity index (χ4v) is 4.45. The van der Waals surface area contributed by atoms with E-state index in [1.54, 1.807) is 7.05 Å². The van der Waals surface area contributed by atoms with E-state index in [-0.39, 0.29) is 12.6 Å². The van der Waals surface area contributed by atoms with Crippen molar-refractivity contribution >= 4 is 23.2 Å². The first-order chi connectivity index (χ1) is 14.5. The van der Waals surface area contributed by atoms with Gasteiger partial charge in [0, 0.05) is 24.9 Å². The number of aliphatic hydroxyl groups is 2. The highest BCUT2D eigenvalue weighted by Crippen LogP contribution is 2.22. The number of benzene rings is 1. The highest BCUT2D eigenvalue weighted by atomic mass is 32.1. The van der Waals surface area contributed by atoms with Crippen LogP contribution in [0, 0.1) is 0 Å². The lowest BCUT2D eigenvalue weighted by Crippen LogP contribution is -2.52. The van der Waals surface area contributed by atoms with Gasteiger partial charge >= 0.3 is 0 Å². The molecule has 8 heteroatoms. The lowest BCUT2D eigenvalue weighted by molar-refractivity contribution is -0.154. The zero-order valence-electron chi connectivity index (χ0n) is 17.2. The normalized spacial score (nSPS) is 16.6. The minimum Gasteiger partial charge on any atom is -0.380 e.